The van der Waals surface area contributed by atoms with E-state index in [0.717, 1.165) is 25.7 Å². The van der Waals surface area contributed by atoms with Crippen LogP contribution < -0.4 is 5.32 Å². The molecule has 5 heteroatoms. The second-order valence-electron chi connectivity index (χ2n) is 4.53. The summed E-state index contributed by atoms with van der Waals surface area (Å²) in [5.41, 5.74) is 0.276. The number of nitrogens with one attached hydrogen (secondary N) is 1. The Morgan fingerprint density at radius 3 is 2.44 bits per heavy atom. The monoisotopic (exact) mass is 287 g/mol. The number of benzene rings is 1. The molecule has 0 spiro atoms. The Labute approximate surface area is 116 Å². The van der Waals surface area contributed by atoms with Crippen molar-refractivity contribution in [1.82, 2.24) is 5.32 Å². The van der Waals surface area contributed by atoms with E-state index in [1.807, 2.05) is 0 Å². The first-order valence-corrected chi connectivity index (χ1v) is 6.78. The highest BCUT2D eigenvalue weighted by molar-refractivity contribution is 6.39. The number of carbonyl (C=O) groups excluding carboxylic acids is 1. The van der Waals surface area contributed by atoms with Crippen LogP contribution in [-0.2, 0) is 0 Å². The summed E-state index contributed by atoms with van der Waals surface area (Å²) < 4.78 is 0. The summed E-state index contributed by atoms with van der Waals surface area (Å²) in [6.07, 6.45) is 3.04. The molecule has 1 saturated carbocycles. The molecule has 18 heavy (non-hydrogen) atoms. The van der Waals surface area contributed by atoms with E-state index in [4.69, 9.17) is 23.2 Å². The van der Waals surface area contributed by atoms with Gasteiger partial charge in [0.15, 0.2) is 0 Å². The molecule has 1 aromatic carbocycles. The smallest absolute Gasteiger partial charge is 0.254 e. The molecule has 1 amide bonds. The lowest BCUT2D eigenvalue weighted by Crippen LogP contribution is -2.45. The van der Waals surface area contributed by atoms with E-state index >= 15 is 0 Å². The largest absolute Gasteiger partial charge is 0.391 e. The third kappa shape index (κ3) is 2.97. The Hall–Kier alpha value is -0.770. The Bertz CT molecular complexity index is 430. The number of carbonyl (C=O) groups is 1. The van der Waals surface area contributed by atoms with Gasteiger partial charge in [-0.05, 0) is 25.0 Å². The fraction of sp³-hybridized carbons (Fsp3) is 0.462. The zero-order valence-corrected chi connectivity index (χ0v) is 11.3. The summed E-state index contributed by atoms with van der Waals surface area (Å²) in [5, 5.41) is 13.3. The molecule has 98 valence electrons. The Balaban J connectivity index is 2.12. The van der Waals surface area contributed by atoms with E-state index in [1.165, 1.54) is 0 Å². The minimum atomic E-state index is -0.482. The van der Waals surface area contributed by atoms with Gasteiger partial charge in [-0.1, -0.05) is 42.1 Å². The minimum Gasteiger partial charge on any atom is -0.391 e. The molecule has 0 aromatic heterocycles. The van der Waals surface area contributed by atoms with E-state index in [1.54, 1.807) is 18.2 Å². The quantitative estimate of drug-likeness (QED) is 0.878. The Morgan fingerprint density at radius 1 is 1.22 bits per heavy atom. The number of aliphatic hydroxyl groups excluding tert-OH is 1. The van der Waals surface area contributed by atoms with Gasteiger partial charge in [-0.2, -0.15) is 0 Å². The highest BCUT2D eigenvalue weighted by Crippen LogP contribution is 2.25. The van der Waals surface area contributed by atoms with Gasteiger partial charge < -0.3 is 10.4 Å². The minimum absolute atomic E-state index is 0.210. The number of aliphatic hydroxyl groups is 1. The topological polar surface area (TPSA) is 49.3 Å². The molecule has 0 heterocycles. The average Bonchev–Trinajstić information content (AvgIpc) is 2.32. The maximum Gasteiger partial charge on any atom is 0.254 e. The third-order valence-electron chi connectivity index (χ3n) is 3.24. The highest BCUT2D eigenvalue weighted by atomic mass is 35.5. The van der Waals surface area contributed by atoms with Gasteiger partial charge in [-0.25, -0.2) is 0 Å². The van der Waals surface area contributed by atoms with Gasteiger partial charge in [0.2, 0.25) is 0 Å². The predicted octanol–water partition coefficient (Wildman–Crippen LogP) is 3.03. The number of hydrogen-bond donors (Lipinski definition) is 2. The second-order valence-corrected chi connectivity index (χ2v) is 5.34. The zero-order chi connectivity index (χ0) is 13.1. The Morgan fingerprint density at radius 2 is 1.83 bits per heavy atom. The summed E-state index contributed by atoms with van der Waals surface area (Å²) in [7, 11) is 0. The van der Waals surface area contributed by atoms with Gasteiger partial charge >= 0.3 is 0 Å². The van der Waals surface area contributed by atoms with Crippen LogP contribution in [0.5, 0.6) is 0 Å². The van der Waals surface area contributed by atoms with Crippen molar-refractivity contribution in [2.24, 2.45) is 0 Å². The lowest BCUT2D eigenvalue weighted by atomic mass is 9.92. The van der Waals surface area contributed by atoms with Crippen molar-refractivity contribution in [3.8, 4) is 0 Å². The van der Waals surface area contributed by atoms with Crippen molar-refractivity contribution in [1.29, 1.82) is 0 Å². The summed E-state index contributed by atoms with van der Waals surface area (Å²) in [4.78, 5) is 12.1. The van der Waals surface area contributed by atoms with Gasteiger partial charge in [0.25, 0.3) is 5.91 Å². The summed E-state index contributed by atoms with van der Waals surface area (Å²) in [6.45, 7) is 0. The van der Waals surface area contributed by atoms with Crippen LogP contribution in [0.15, 0.2) is 18.2 Å². The van der Waals surface area contributed by atoms with E-state index in [0.29, 0.717) is 10.0 Å². The normalized spacial score (nSPS) is 23.7. The highest BCUT2D eigenvalue weighted by Gasteiger charge is 2.26. The first kappa shape index (κ1) is 13.7. The van der Waals surface area contributed by atoms with Crippen molar-refractivity contribution < 1.29 is 9.90 Å². The molecule has 3 nitrogen and oxygen atoms in total. The van der Waals surface area contributed by atoms with Gasteiger partial charge in [0.1, 0.15) is 0 Å². The molecule has 2 atom stereocenters. The van der Waals surface area contributed by atoms with Gasteiger partial charge in [0.05, 0.1) is 27.8 Å². The summed E-state index contributed by atoms with van der Waals surface area (Å²) >= 11 is 11.9. The molecule has 0 aliphatic heterocycles. The van der Waals surface area contributed by atoms with Crippen molar-refractivity contribution in [2.45, 2.75) is 37.8 Å². The molecule has 2 rings (SSSR count). The molecule has 0 radical (unpaired) electrons. The fourth-order valence-electron chi connectivity index (χ4n) is 2.23. The summed E-state index contributed by atoms with van der Waals surface area (Å²) in [6, 6.07) is 4.73. The fourth-order valence-corrected chi connectivity index (χ4v) is 2.80. The van der Waals surface area contributed by atoms with Crippen LogP contribution in [0.1, 0.15) is 36.0 Å². The number of hydrogen-bond acceptors (Lipinski definition) is 2. The maximum atomic E-state index is 12.1. The van der Waals surface area contributed by atoms with E-state index in [2.05, 4.69) is 5.32 Å². The molecular weight excluding hydrogens is 273 g/mol. The van der Waals surface area contributed by atoms with Crippen molar-refractivity contribution in [3.05, 3.63) is 33.8 Å². The molecular formula is C13H15Cl2NO2. The molecule has 0 unspecified atom stereocenters. The summed E-state index contributed by atoms with van der Waals surface area (Å²) in [5.74, 6) is -0.323. The molecule has 0 saturated heterocycles. The van der Waals surface area contributed by atoms with Crippen molar-refractivity contribution in [3.63, 3.8) is 0 Å². The number of rotatable bonds is 2. The van der Waals surface area contributed by atoms with Crippen LogP contribution in [0, 0.1) is 0 Å². The lowest BCUT2D eigenvalue weighted by molar-refractivity contribution is 0.0717. The van der Waals surface area contributed by atoms with Crippen LogP contribution in [0.25, 0.3) is 0 Å². The molecule has 1 aliphatic rings. The van der Waals surface area contributed by atoms with E-state index < -0.39 is 6.10 Å². The maximum absolute atomic E-state index is 12.1. The van der Waals surface area contributed by atoms with Crippen molar-refractivity contribution in [2.75, 3.05) is 0 Å². The molecule has 1 fully saturated rings. The van der Waals surface area contributed by atoms with E-state index in [9.17, 15) is 9.90 Å². The standard InChI is InChI=1S/C13H15Cl2NO2/c14-8-4-3-5-9(15)12(8)13(18)16-10-6-1-2-7-11(10)17/h3-5,10-11,17H,1-2,6-7H2,(H,16,18)/t10-,11-/m0/s1. The Kier molecular flexibility index (Phi) is 4.49. The van der Waals surface area contributed by atoms with Gasteiger partial charge in [-0.3, -0.25) is 4.79 Å². The predicted molar refractivity (Wildman–Crippen MR) is 72.2 cm³/mol. The average molecular weight is 288 g/mol. The first-order valence-electron chi connectivity index (χ1n) is 6.02. The third-order valence-corrected chi connectivity index (χ3v) is 3.87. The van der Waals surface area contributed by atoms with Crippen LogP contribution in [0.2, 0.25) is 10.0 Å². The molecule has 1 aromatic rings. The SMILES string of the molecule is O=C(N[C@H]1CCCC[C@@H]1O)c1c(Cl)cccc1Cl. The molecule has 2 N–H and O–H groups in total. The van der Waals surface area contributed by atoms with Crippen molar-refractivity contribution >= 4 is 29.1 Å². The zero-order valence-electron chi connectivity index (χ0n) is 9.83. The van der Waals surface area contributed by atoms with E-state index in [-0.39, 0.29) is 17.5 Å². The van der Waals surface area contributed by atoms with Gasteiger partial charge in [0, 0.05) is 0 Å². The number of amides is 1. The van der Waals surface area contributed by atoms with Crippen LogP contribution in [-0.4, -0.2) is 23.2 Å². The lowest BCUT2D eigenvalue weighted by Gasteiger charge is -2.28. The first-order chi connectivity index (χ1) is 8.59. The number of halogens is 2. The van der Waals surface area contributed by atoms with Crippen LogP contribution in [0.4, 0.5) is 0 Å². The van der Waals surface area contributed by atoms with Crippen LogP contribution in [0.3, 0.4) is 0 Å². The second kappa shape index (κ2) is 5.91. The van der Waals surface area contributed by atoms with Gasteiger partial charge in [-0.15, -0.1) is 0 Å². The molecule has 1 aliphatic carbocycles. The van der Waals surface area contributed by atoms with Crippen LogP contribution >= 0.6 is 23.2 Å². The molecule has 0 bridgehead atoms.